The number of hydrogen-bond acceptors (Lipinski definition) is 5. The normalized spacial score (nSPS) is 11.2. The topological polar surface area (TPSA) is 83.3 Å². The number of nitrogens with zero attached hydrogens (tertiary/aromatic N) is 5. The average Bonchev–Trinajstić information content (AvgIpc) is 3.20. The Morgan fingerprint density at radius 2 is 1.96 bits per heavy atom. The summed E-state index contributed by atoms with van der Waals surface area (Å²) in [6.45, 7) is 3.87. The molecule has 0 saturated heterocycles. The van der Waals surface area contributed by atoms with Crippen LogP contribution in [0.3, 0.4) is 0 Å². The van der Waals surface area contributed by atoms with Crippen LogP contribution in [0.4, 0.5) is 5.69 Å². The first-order valence-corrected chi connectivity index (χ1v) is 7.86. The monoisotopic (exact) mass is 334 g/mol. The maximum absolute atomic E-state index is 6.33. The molecular formula is C18H18N6O. The number of aromatic nitrogens is 5. The second-order valence-electron chi connectivity index (χ2n) is 5.93. The fourth-order valence-electron chi connectivity index (χ4n) is 2.91. The molecule has 4 rings (SSSR count). The largest absolute Gasteiger partial charge is 0.495 e. The molecule has 0 aliphatic rings. The second kappa shape index (κ2) is 5.62. The van der Waals surface area contributed by atoms with E-state index in [1.807, 2.05) is 49.0 Å². The van der Waals surface area contributed by atoms with Crippen molar-refractivity contribution in [2.24, 2.45) is 0 Å². The maximum Gasteiger partial charge on any atom is 0.177 e. The van der Waals surface area contributed by atoms with Crippen LogP contribution in [0, 0.1) is 13.8 Å². The zero-order valence-electron chi connectivity index (χ0n) is 14.3. The molecule has 0 spiro atoms. The summed E-state index contributed by atoms with van der Waals surface area (Å²) in [5.41, 5.74) is 12.1. The third-order valence-electron chi connectivity index (χ3n) is 4.13. The number of imidazole rings is 2. The van der Waals surface area contributed by atoms with Crippen molar-refractivity contribution < 1.29 is 4.74 Å². The van der Waals surface area contributed by atoms with E-state index >= 15 is 0 Å². The summed E-state index contributed by atoms with van der Waals surface area (Å²) in [6.07, 6.45) is 7.31. The van der Waals surface area contributed by atoms with E-state index in [-0.39, 0.29) is 0 Å². The molecule has 0 amide bonds. The zero-order valence-corrected chi connectivity index (χ0v) is 14.3. The van der Waals surface area contributed by atoms with Gasteiger partial charge in [0.1, 0.15) is 5.75 Å². The van der Waals surface area contributed by atoms with Crippen molar-refractivity contribution in [3.8, 4) is 22.6 Å². The summed E-state index contributed by atoms with van der Waals surface area (Å²) in [5, 5.41) is 4.40. The number of nitrogens with two attached hydrogens (primary N) is 1. The predicted octanol–water partition coefficient (Wildman–Crippen LogP) is 2.79. The Hall–Kier alpha value is -3.35. The molecule has 25 heavy (non-hydrogen) atoms. The Balaban J connectivity index is 1.85. The average molecular weight is 334 g/mol. The van der Waals surface area contributed by atoms with Crippen molar-refractivity contribution in [3.63, 3.8) is 0 Å². The Morgan fingerprint density at radius 3 is 2.68 bits per heavy atom. The molecule has 0 fully saturated rings. The number of nitrogen functional groups attached to an aromatic ring is 1. The summed E-state index contributed by atoms with van der Waals surface area (Å²) < 4.78 is 9.19. The lowest BCUT2D eigenvalue weighted by Crippen LogP contribution is -2.00. The molecule has 0 bridgehead atoms. The summed E-state index contributed by atoms with van der Waals surface area (Å²) in [6, 6.07) is 5.92. The molecule has 0 saturated carbocycles. The van der Waals surface area contributed by atoms with E-state index in [9.17, 15) is 0 Å². The molecule has 3 heterocycles. The van der Waals surface area contributed by atoms with Crippen LogP contribution >= 0.6 is 0 Å². The fraction of sp³-hybridized carbons (Fsp3) is 0.167. The predicted molar refractivity (Wildman–Crippen MR) is 96.0 cm³/mol. The molecule has 4 aromatic rings. The molecular weight excluding hydrogens is 316 g/mol. The van der Waals surface area contributed by atoms with E-state index in [2.05, 4.69) is 15.1 Å². The minimum Gasteiger partial charge on any atom is -0.495 e. The van der Waals surface area contributed by atoms with E-state index in [0.29, 0.717) is 11.3 Å². The van der Waals surface area contributed by atoms with Gasteiger partial charge in [-0.3, -0.25) is 0 Å². The van der Waals surface area contributed by atoms with Gasteiger partial charge < -0.3 is 15.0 Å². The van der Waals surface area contributed by atoms with Crippen molar-refractivity contribution in [2.45, 2.75) is 13.8 Å². The van der Waals surface area contributed by atoms with E-state index < -0.39 is 0 Å². The molecule has 0 atom stereocenters. The Bertz CT molecular complexity index is 1080. The summed E-state index contributed by atoms with van der Waals surface area (Å²) in [7, 11) is 1.65. The second-order valence-corrected chi connectivity index (χ2v) is 5.93. The van der Waals surface area contributed by atoms with Gasteiger partial charge in [0.25, 0.3) is 0 Å². The Labute approximate surface area is 144 Å². The van der Waals surface area contributed by atoms with Gasteiger partial charge in [0.2, 0.25) is 0 Å². The van der Waals surface area contributed by atoms with Crippen LogP contribution in [0.15, 0.2) is 43.1 Å². The van der Waals surface area contributed by atoms with Crippen LogP contribution in [-0.4, -0.2) is 31.3 Å². The van der Waals surface area contributed by atoms with Crippen molar-refractivity contribution >= 4 is 11.3 Å². The highest BCUT2D eigenvalue weighted by Crippen LogP contribution is 2.33. The molecule has 7 nitrogen and oxygen atoms in total. The minimum absolute atomic E-state index is 0.594. The highest BCUT2D eigenvalue weighted by Gasteiger charge is 2.13. The molecule has 0 aliphatic heterocycles. The highest BCUT2D eigenvalue weighted by atomic mass is 16.5. The molecule has 0 aliphatic carbocycles. The maximum atomic E-state index is 6.33. The van der Waals surface area contributed by atoms with Gasteiger partial charge in [-0.1, -0.05) is 6.07 Å². The molecule has 7 heteroatoms. The van der Waals surface area contributed by atoms with E-state index in [1.54, 1.807) is 24.1 Å². The third-order valence-corrected chi connectivity index (χ3v) is 4.13. The van der Waals surface area contributed by atoms with Crippen LogP contribution in [0.25, 0.3) is 22.5 Å². The van der Waals surface area contributed by atoms with Crippen LogP contribution in [-0.2, 0) is 0 Å². The quantitative estimate of drug-likeness (QED) is 0.623. The first-order valence-electron chi connectivity index (χ1n) is 7.86. The standard InChI is InChI=1S/C18H18N6O/c1-11-8-23(10-20-11)15-5-4-13(6-16(15)25-3)14-7-21-24-9-12(2)22-18(24)17(14)19/h4-10H,19H2,1-3H3. The molecule has 0 unspecified atom stereocenters. The Kier molecular flexibility index (Phi) is 3.42. The molecule has 0 radical (unpaired) electrons. The summed E-state index contributed by atoms with van der Waals surface area (Å²) in [5.74, 6) is 0.730. The molecule has 1 aromatic carbocycles. The number of benzene rings is 1. The first kappa shape index (κ1) is 15.2. The third kappa shape index (κ3) is 2.50. The van der Waals surface area contributed by atoms with Crippen molar-refractivity contribution in [1.82, 2.24) is 24.1 Å². The van der Waals surface area contributed by atoms with Crippen LogP contribution in [0.2, 0.25) is 0 Å². The SMILES string of the molecule is COc1cc(-c2cnn3cc(C)nc3c2N)ccc1-n1cnc(C)c1. The van der Waals surface area contributed by atoms with Gasteiger partial charge in [-0.25, -0.2) is 14.5 Å². The van der Waals surface area contributed by atoms with Crippen LogP contribution in [0.1, 0.15) is 11.4 Å². The number of fused-ring (bicyclic) bond motifs is 1. The van der Waals surface area contributed by atoms with Gasteiger partial charge in [0.15, 0.2) is 5.65 Å². The summed E-state index contributed by atoms with van der Waals surface area (Å²) >= 11 is 0. The number of hydrogen-bond donors (Lipinski definition) is 1. The lowest BCUT2D eigenvalue weighted by atomic mass is 10.1. The minimum atomic E-state index is 0.594. The number of anilines is 1. The van der Waals surface area contributed by atoms with E-state index in [4.69, 9.17) is 10.5 Å². The Morgan fingerprint density at radius 1 is 1.12 bits per heavy atom. The molecule has 2 N–H and O–H groups in total. The van der Waals surface area contributed by atoms with Gasteiger partial charge in [-0.15, -0.1) is 0 Å². The number of rotatable bonds is 3. The van der Waals surface area contributed by atoms with Crippen molar-refractivity contribution in [2.75, 3.05) is 12.8 Å². The van der Waals surface area contributed by atoms with E-state index in [1.165, 1.54) is 0 Å². The zero-order chi connectivity index (χ0) is 17.6. The van der Waals surface area contributed by atoms with Gasteiger partial charge in [-0.2, -0.15) is 5.10 Å². The van der Waals surface area contributed by atoms with Crippen molar-refractivity contribution in [3.05, 3.63) is 54.5 Å². The van der Waals surface area contributed by atoms with Gasteiger partial charge in [0.05, 0.1) is 48.6 Å². The van der Waals surface area contributed by atoms with Crippen molar-refractivity contribution in [1.29, 1.82) is 0 Å². The number of aryl methyl sites for hydroxylation is 2. The lowest BCUT2D eigenvalue weighted by molar-refractivity contribution is 0.413. The van der Waals surface area contributed by atoms with Crippen LogP contribution in [0.5, 0.6) is 5.75 Å². The van der Waals surface area contributed by atoms with Gasteiger partial charge in [0, 0.05) is 11.8 Å². The van der Waals surface area contributed by atoms with Gasteiger partial charge >= 0.3 is 0 Å². The lowest BCUT2D eigenvalue weighted by Gasteiger charge is -2.12. The molecule has 126 valence electrons. The first-order chi connectivity index (χ1) is 12.1. The fourth-order valence-corrected chi connectivity index (χ4v) is 2.91. The van der Waals surface area contributed by atoms with Crippen LogP contribution < -0.4 is 10.5 Å². The van der Waals surface area contributed by atoms with Gasteiger partial charge in [-0.05, 0) is 31.5 Å². The number of ether oxygens (including phenoxy) is 1. The smallest absolute Gasteiger partial charge is 0.177 e. The number of methoxy groups -OCH3 is 1. The molecule has 3 aromatic heterocycles. The van der Waals surface area contributed by atoms with E-state index in [0.717, 1.165) is 34.0 Å². The highest BCUT2D eigenvalue weighted by molar-refractivity contribution is 5.85. The summed E-state index contributed by atoms with van der Waals surface area (Å²) in [4.78, 5) is 8.71.